The van der Waals surface area contributed by atoms with Gasteiger partial charge in [0.05, 0.1) is 6.04 Å². The predicted octanol–water partition coefficient (Wildman–Crippen LogP) is 4.81. The van der Waals surface area contributed by atoms with Gasteiger partial charge in [0.1, 0.15) is 18.1 Å². The molecule has 1 unspecified atom stereocenters. The third-order valence-corrected chi connectivity index (χ3v) is 6.37. The number of hydrogen-bond acceptors (Lipinski definition) is 5. The van der Waals surface area contributed by atoms with Crippen molar-refractivity contribution in [2.24, 2.45) is 0 Å². The molecule has 2 aromatic rings. The van der Waals surface area contributed by atoms with Crippen LogP contribution in [0.25, 0.3) is 11.1 Å². The van der Waals surface area contributed by atoms with E-state index in [4.69, 9.17) is 4.74 Å². The molecule has 5 heteroatoms. The molecule has 0 amide bonds. The van der Waals surface area contributed by atoms with Crippen molar-refractivity contribution >= 4 is 0 Å². The zero-order chi connectivity index (χ0) is 23.3. The van der Waals surface area contributed by atoms with Gasteiger partial charge in [-0.05, 0) is 68.1 Å². The van der Waals surface area contributed by atoms with E-state index in [0.29, 0.717) is 12.6 Å². The molecule has 2 aromatic carbocycles. The summed E-state index contributed by atoms with van der Waals surface area (Å²) < 4.78 is 6.26. The lowest BCUT2D eigenvalue weighted by atomic mass is 10.1. The van der Waals surface area contributed by atoms with Crippen LogP contribution in [-0.2, 0) is 0 Å². The van der Waals surface area contributed by atoms with Crippen LogP contribution in [-0.4, -0.2) is 84.8 Å². The van der Waals surface area contributed by atoms with Crippen molar-refractivity contribution in [3.05, 3.63) is 48.5 Å². The van der Waals surface area contributed by atoms with Crippen LogP contribution in [0.15, 0.2) is 48.5 Å². The molecule has 2 rings (SSSR count). The summed E-state index contributed by atoms with van der Waals surface area (Å²) in [5.41, 5.74) is 2.20. The summed E-state index contributed by atoms with van der Waals surface area (Å²) >= 11 is 0. The molecule has 178 valence electrons. The van der Waals surface area contributed by atoms with E-state index >= 15 is 0 Å². The van der Waals surface area contributed by atoms with Crippen LogP contribution in [0, 0.1) is 0 Å². The van der Waals surface area contributed by atoms with E-state index in [-0.39, 0.29) is 5.75 Å². The number of benzene rings is 2. The Balaban J connectivity index is 1.99. The Morgan fingerprint density at radius 2 is 1.19 bits per heavy atom. The SMILES string of the molecule is CCN(CC)CCN(CC)CC(COc1ccc(-c2ccc(O)cc2)cc1)N(CC)CC. The van der Waals surface area contributed by atoms with Crippen molar-refractivity contribution in [3.63, 3.8) is 0 Å². The molecular weight excluding hydrogens is 398 g/mol. The van der Waals surface area contributed by atoms with E-state index in [0.717, 1.165) is 69.2 Å². The van der Waals surface area contributed by atoms with E-state index in [2.05, 4.69) is 61.5 Å². The van der Waals surface area contributed by atoms with Crippen molar-refractivity contribution in [3.8, 4) is 22.6 Å². The first kappa shape index (κ1) is 26.2. The van der Waals surface area contributed by atoms with E-state index in [1.807, 2.05) is 24.3 Å². The molecule has 1 N–H and O–H groups in total. The molecule has 0 aromatic heterocycles. The van der Waals surface area contributed by atoms with Crippen molar-refractivity contribution < 1.29 is 9.84 Å². The number of phenols is 1. The largest absolute Gasteiger partial charge is 0.508 e. The minimum absolute atomic E-state index is 0.286. The number of ether oxygens (including phenoxy) is 1. The summed E-state index contributed by atoms with van der Waals surface area (Å²) in [5.74, 6) is 1.19. The van der Waals surface area contributed by atoms with Gasteiger partial charge in [0.2, 0.25) is 0 Å². The van der Waals surface area contributed by atoms with E-state index < -0.39 is 0 Å². The summed E-state index contributed by atoms with van der Waals surface area (Å²) in [6.07, 6.45) is 0. The first-order valence-electron chi connectivity index (χ1n) is 12.2. The van der Waals surface area contributed by atoms with E-state index in [1.54, 1.807) is 12.1 Å². The first-order chi connectivity index (χ1) is 15.5. The summed E-state index contributed by atoms with van der Waals surface area (Å²) in [7, 11) is 0. The van der Waals surface area contributed by atoms with Crippen LogP contribution in [0.5, 0.6) is 11.5 Å². The number of rotatable bonds is 15. The molecule has 0 aliphatic heterocycles. The Morgan fingerprint density at radius 1 is 0.688 bits per heavy atom. The van der Waals surface area contributed by atoms with Gasteiger partial charge in [0.25, 0.3) is 0 Å². The summed E-state index contributed by atoms with van der Waals surface area (Å²) in [6, 6.07) is 15.9. The van der Waals surface area contributed by atoms with Crippen LogP contribution < -0.4 is 4.74 Å². The van der Waals surface area contributed by atoms with Crippen LogP contribution in [0.4, 0.5) is 0 Å². The molecule has 0 radical (unpaired) electrons. The fraction of sp³-hybridized carbons (Fsp3) is 0.556. The highest BCUT2D eigenvalue weighted by atomic mass is 16.5. The second kappa shape index (κ2) is 14.1. The molecule has 0 heterocycles. The van der Waals surface area contributed by atoms with Crippen molar-refractivity contribution in [2.45, 2.75) is 40.7 Å². The van der Waals surface area contributed by atoms with Crippen LogP contribution in [0.1, 0.15) is 34.6 Å². The summed E-state index contributed by atoms with van der Waals surface area (Å²) in [5, 5.41) is 9.49. The molecule has 0 saturated carbocycles. The third-order valence-electron chi connectivity index (χ3n) is 6.37. The molecule has 0 aliphatic rings. The Labute approximate surface area is 195 Å². The zero-order valence-electron chi connectivity index (χ0n) is 20.8. The normalized spacial score (nSPS) is 12.6. The smallest absolute Gasteiger partial charge is 0.119 e. The maximum atomic E-state index is 9.49. The fourth-order valence-electron chi connectivity index (χ4n) is 4.10. The average molecular weight is 442 g/mol. The monoisotopic (exact) mass is 441 g/mol. The van der Waals surface area contributed by atoms with Crippen LogP contribution in [0.3, 0.4) is 0 Å². The van der Waals surface area contributed by atoms with Gasteiger partial charge in [-0.15, -0.1) is 0 Å². The second-order valence-electron chi connectivity index (χ2n) is 8.18. The predicted molar refractivity (Wildman–Crippen MR) is 136 cm³/mol. The topological polar surface area (TPSA) is 39.2 Å². The maximum Gasteiger partial charge on any atom is 0.119 e. The highest BCUT2D eigenvalue weighted by Crippen LogP contribution is 2.24. The number of likely N-dealkylation sites (N-methyl/N-ethyl adjacent to an activating group) is 3. The average Bonchev–Trinajstić information content (AvgIpc) is 2.83. The van der Waals surface area contributed by atoms with Gasteiger partial charge in [-0.3, -0.25) is 4.90 Å². The quantitative estimate of drug-likeness (QED) is 0.429. The lowest BCUT2D eigenvalue weighted by Gasteiger charge is -2.34. The second-order valence-corrected chi connectivity index (χ2v) is 8.18. The van der Waals surface area contributed by atoms with Crippen LogP contribution in [0.2, 0.25) is 0 Å². The molecule has 0 saturated heterocycles. The van der Waals surface area contributed by atoms with Crippen molar-refractivity contribution in [1.82, 2.24) is 14.7 Å². The lowest BCUT2D eigenvalue weighted by Crippen LogP contribution is -2.48. The molecule has 1 atom stereocenters. The summed E-state index contributed by atoms with van der Waals surface area (Å²) in [4.78, 5) is 7.55. The Kier molecular flexibility index (Phi) is 11.6. The van der Waals surface area contributed by atoms with Gasteiger partial charge < -0.3 is 19.6 Å². The number of hydrogen-bond donors (Lipinski definition) is 1. The van der Waals surface area contributed by atoms with E-state index in [9.17, 15) is 5.11 Å². The van der Waals surface area contributed by atoms with Gasteiger partial charge in [0, 0.05) is 19.6 Å². The molecular formula is C27H43N3O2. The minimum Gasteiger partial charge on any atom is -0.508 e. The fourth-order valence-corrected chi connectivity index (χ4v) is 4.10. The first-order valence-corrected chi connectivity index (χ1v) is 12.2. The number of aromatic hydroxyl groups is 1. The number of nitrogens with zero attached hydrogens (tertiary/aromatic N) is 3. The van der Waals surface area contributed by atoms with E-state index in [1.165, 1.54) is 0 Å². The maximum absolute atomic E-state index is 9.49. The third kappa shape index (κ3) is 8.12. The van der Waals surface area contributed by atoms with Gasteiger partial charge >= 0.3 is 0 Å². The van der Waals surface area contributed by atoms with Crippen molar-refractivity contribution in [1.29, 1.82) is 0 Å². The number of phenolic OH excluding ortho intramolecular Hbond substituents is 1. The molecule has 32 heavy (non-hydrogen) atoms. The minimum atomic E-state index is 0.286. The zero-order valence-corrected chi connectivity index (χ0v) is 20.8. The Hall–Kier alpha value is -2.08. The highest BCUT2D eigenvalue weighted by Gasteiger charge is 2.20. The van der Waals surface area contributed by atoms with Crippen molar-refractivity contribution in [2.75, 3.05) is 59.0 Å². The van der Waals surface area contributed by atoms with Gasteiger partial charge in [-0.1, -0.05) is 58.9 Å². The molecule has 5 nitrogen and oxygen atoms in total. The highest BCUT2D eigenvalue weighted by molar-refractivity contribution is 5.64. The molecule has 0 aliphatic carbocycles. The van der Waals surface area contributed by atoms with Gasteiger partial charge in [-0.2, -0.15) is 0 Å². The molecule has 0 bridgehead atoms. The summed E-state index contributed by atoms with van der Waals surface area (Å²) in [6.45, 7) is 20.4. The van der Waals surface area contributed by atoms with Gasteiger partial charge in [-0.25, -0.2) is 0 Å². The Bertz CT molecular complexity index is 741. The standard InChI is InChI=1S/C27H43N3O2/c1-6-28(7-2)19-20-29(8-3)21-25(30(9-4)10-5)22-32-27-17-13-24(14-18-27)23-11-15-26(31)16-12-23/h11-18,25,31H,6-10,19-22H2,1-5H3. The molecule has 0 fully saturated rings. The van der Waals surface area contributed by atoms with Crippen LogP contribution >= 0.6 is 0 Å². The molecule has 0 spiro atoms. The van der Waals surface area contributed by atoms with Gasteiger partial charge in [0.15, 0.2) is 0 Å². The Morgan fingerprint density at radius 3 is 1.69 bits per heavy atom. The lowest BCUT2D eigenvalue weighted by molar-refractivity contribution is 0.100.